The van der Waals surface area contributed by atoms with E-state index < -0.39 is 0 Å². The van der Waals surface area contributed by atoms with Crippen molar-refractivity contribution in [2.24, 2.45) is 0 Å². The minimum atomic E-state index is 0.320. The van der Waals surface area contributed by atoms with E-state index in [9.17, 15) is 0 Å². The summed E-state index contributed by atoms with van der Waals surface area (Å²) in [4.78, 5) is 0. The molecule has 0 saturated heterocycles. The van der Waals surface area contributed by atoms with Gasteiger partial charge < -0.3 is 5.32 Å². The molecular weight excluding hydrogens is 414 g/mol. The molecule has 0 aliphatic rings. The Morgan fingerprint density at radius 3 is 2.62 bits per heavy atom. The average Bonchev–Trinajstić information content (AvgIpc) is 3.03. The summed E-state index contributed by atoms with van der Waals surface area (Å²) < 4.78 is 4.47. The van der Waals surface area contributed by atoms with Crippen molar-refractivity contribution in [3.8, 4) is 0 Å². The Labute approximate surface area is 147 Å². The van der Waals surface area contributed by atoms with E-state index in [-0.39, 0.29) is 0 Å². The zero-order valence-electron chi connectivity index (χ0n) is 12.6. The van der Waals surface area contributed by atoms with E-state index in [0.29, 0.717) is 6.04 Å². The summed E-state index contributed by atoms with van der Waals surface area (Å²) in [5.74, 6) is 0. The Kier molecular flexibility index (Phi) is 6.47. The predicted molar refractivity (Wildman–Crippen MR) is 97.1 cm³/mol. The lowest BCUT2D eigenvalue weighted by Crippen LogP contribution is -2.23. The third-order valence-electron chi connectivity index (χ3n) is 3.53. The van der Waals surface area contributed by atoms with Crippen molar-refractivity contribution >= 4 is 43.2 Å². The number of hydrogen-bond donors (Lipinski definition) is 1. The van der Waals surface area contributed by atoms with Crippen LogP contribution in [-0.2, 0) is 19.4 Å². The number of thiophene rings is 1. The van der Waals surface area contributed by atoms with E-state index >= 15 is 0 Å². The Morgan fingerprint density at radius 1 is 1.33 bits per heavy atom. The van der Waals surface area contributed by atoms with Crippen molar-refractivity contribution in [1.82, 2.24) is 15.1 Å². The molecule has 0 aliphatic heterocycles. The van der Waals surface area contributed by atoms with Gasteiger partial charge in [0.15, 0.2) is 0 Å². The molecule has 0 aromatic carbocycles. The summed E-state index contributed by atoms with van der Waals surface area (Å²) in [5, 5.41) is 10.5. The molecule has 2 aromatic heterocycles. The SMILES string of the molecule is CCNC(Cc1c(Br)c(CC)nn1CC)c1csc(Br)c1. The fourth-order valence-corrected chi connectivity index (χ4v) is 4.42. The number of rotatable bonds is 7. The molecule has 1 unspecified atom stereocenters. The van der Waals surface area contributed by atoms with Crippen LogP contribution >= 0.6 is 43.2 Å². The van der Waals surface area contributed by atoms with Crippen LogP contribution in [0.1, 0.15) is 43.8 Å². The smallest absolute Gasteiger partial charge is 0.0766 e. The molecule has 3 nitrogen and oxygen atoms in total. The topological polar surface area (TPSA) is 29.9 Å². The molecule has 1 N–H and O–H groups in total. The Balaban J connectivity index is 2.30. The standard InChI is InChI=1S/C15H21Br2N3S/c1-4-11-15(17)13(20(6-3)19-11)8-12(18-5-2)10-7-14(16)21-9-10/h7,9,12,18H,4-6,8H2,1-3H3. The molecule has 116 valence electrons. The number of aromatic nitrogens is 2. The highest BCUT2D eigenvalue weighted by Crippen LogP contribution is 2.30. The van der Waals surface area contributed by atoms with E-state index in [1.54, 1.807) is 11.3 Å². The van der Waals surface area contributed by atoms with Gasteiger partial charge in [0.2, 0.25) is 0 Å². The summed E-state index contributed by atoms with van der Waals surface area (Å²) in [6.07, 6.45) is 1.90. The van der Waals surface area contributed by atoms with Crippen LogP contribution in [0.15, 0.2) is 19.7 Å². The first-order chi connectivity index (χ1) is 10.1. The van der Waals surface area contributed by atoms with Crippen LogP contribution < -0.4 is 5.32 Å². The van der Waals surface area contributed by atoms with Crippen molar-refractivity contribution in [3.63, 3.8) is 0 Å². The quantitative estimate of drug-likeness (QED) is 0.668. The highest BCUT2D eigenvalue weighted by atomic mass is 79.9. The largest absolute Gasteiger partial charge is 0.310 e. The lowest BCUT2D eigenvalue weighted by molar-refractivity contribution is 0.516. The van der Waals surface area contributed by atoms with Gasteiger partial charge >= 0.3 is 0 Å². The van der Waals surface area contributed by atoms with E-state index in [2.05, 4.69) is 74.1 Å². The van der Waals surface area contributed by atoms with E-state index in [1.165, 1.54) is 19.5 Å². The van der Waals surface area contributed by atoms with Crippen LogP contribution in [0.25, 0.3) is 0 Å². The molecule has 0 saturated carbocycles. The molecule has 0 aliphatic carbocycles. The molecule has 0 spiro atoms. The minimum Gasteiger partial charge on any atom is -0.310 e. The molecule has 2 rings (SSSR count). The summed E-state index contributed by atoms with van der Waals surface area (Å²) in [5.41, 5.74) is 3.76. The van der Waals surface area contributed by atoms with Gasteiger partial charge in [-0.15, -0.1) is 11.3 Å². The first-order valence-electron chi connectivity index (χ1n) is 7.31. The first kappa shape index (κ1) is 17.2. The number of halogens is 2. The van der Waals surface area contributed by atoms with Crippen LogP contribution in [0.4, 0.5) is 0 Å². The Bertz CT molecular complexity index is 592. The van der Waals surface area contributed by atoms with E-state index in [4.69, 9.17) is 5.10 Å². The van der Waals surface area contributed by atoms with Crippen LogP contribution in [0.2, 0.25) is 0 Å². The third kappa shape index (κ3) is 3.97. The number of nitrogens with one attached hydrogen (secondary N) is 1. The normalized spacial score (nSPS) is 12.8. The third-order valence-corrected chi connectivity index (χ3v) is 5.97. The first-order valence-corrected chi connectivity index (χ1v) is 9.78. The lowest BCUT2D eigenvalue weighted by atomic mass is 10.0. The highest BCUT2D eigenvalue weighted by Gasteiger charge is 2.20. The average molecular weight is 435 g/mol. The molecular formula is C15H21Br2N3S. The maximum atomic E-state index is 4.69. The molecule has 2 aromatic rings. The molecule has 2 heterocycles. The van der Waals surface area contributed by atoms with Crippen molar-refractivity contribution in [2.45, 2.75) is 46.2 Å². The van der Waals surface area contributed by atoms with E-state index in [1.807, 2.05) is 0 Å². The number of nitrogens with zero attached hydrogens (tertiary/aromatic N) is 2. The van der Waals surface area contributed by atoms with Crippen molar-refractivity contribution in [2.75, 3.05) is 6.54 Å². The van der Waals surface area contributed by atoms with Crippen molar-refractivity contribution in [3.05, 3.63) is 36.7 Å². The summed E-state index contributed by atoms with van der Waals surface area (Å²) in [6, 6.07) is 2.53. The zero-order valence-corrected chi connectivity index (χ0v) is 16.6. The van der Waals surface area contributed by atoms with Crippen LogP contribution in [0.3, 0.4) is 0 Å². The molecule has 0 fully saturated rings. The molecule has 0 radical (unpaired) electrons. The molecule has 21 heavy (non-hydrogen) atoms. The number of aryl methyl sites for hydroxylation is 2. The van der Waals surface area contributed by atoms with Crippen LogP contribution in [-0.4, -0.2) is 16.3 Å². The second-order valence-corrected chi connectivity index (χ2v) is 7.96. The molecule has 0 amide bonds. The molecule has 0 bridgehead atoms. The van der Waals surface area contributed by atoms with Gasteiger partial charge in [-0.1, -0.05) is 13.8 Å². The van der Waals surface area contributed by atoms with Crippen molar-refractivity contribution in [1.29, 1.82) is 0 Å². The summed E-state index contributed by atoms with van der Waals surface area (Å²) in [7, 11) is 0. The Morgan fingerprint density at radius 2 is 2.10 bits per heavy atom. The van der Waals surface area contributed by atoms with Crippen molar-refractivity contribution < 1.29 is 0 Å². The number of hydrogen-bond acceptors (Lipinski definition) is 3. The van der Waals surface area contributed by atoms with Gasteiger partial charge in [0.05, 0.1) is 19.6 Å². The predicted octanol–water partition coefficient (Wildman–Crippen LogP) is 4.95. The summed E-state index contributed by atoms with van der Waals surface area (Å²) >= 11 is 9.04. The fourth-order valence-electron chi connectivity index (χ4n) is 2.47. The lowest BCUT2D eigenvalue weighted by Gasteiger charge is -2.18. The highest BCUT2D eigenvalue weighted by molar-refractivity contribution is 9.11. The van der Waals surface area contributed by atoms with Gasteiger partial charge in [0.1, 0.15) is 0 Å². The van der Waals surface area contributed by atoms with Crippen LogP contribution in [0, 0.1) is 0 Å². The number of likely N-dealkylation sites (N-methyl/N-ethyl adjacent to an activating group) is 1. The molecule has 6 heteroatoms. The summed E-state index contributed by atoms with van der Waals surface area (Å²) in [6.45, 7) is 8.30. The maximum Gasteiger partial charge on any atom is 0.0766 e. The van der Waals surface area contributed by atoms with Gasteiger partial charge in [0, 0.05) is 19.0 Å². The van der Waals surface area contributed by atoms with Gasteiger partial charge in [-0.3, -0.25) is 4.68 Å². The van der Waals surface area contributed by atoms with Crippen LogP contribution in [0.5, 0.6) is 0 Å². The molecule has 1 atom stereocenters. The van der Waals surface area contributed by atoms with Gasteiger partial charge in [-0.25, -0.2) is 0 Å². The van der Waals surface area contributed by atoms with Gasteiger partial charge in [0.25, 0.3) is 0 Å². The van der Waals surface area contributed by atoms with Gasteiger partial charge in [-0.2, -0.15) is 5.10 Å². The fraction of sp³-hybridized carbons (Fsp3) is 0.533. The van der Waals surface area contributed by atoms with Gasteiger partial charge in [-0.05, 0) is 68.8 Å². The second kappa shape index (κ2) is 7.90. The maximum absolute atomic E-state index is 4.69. The Hall–Kier alpha value is -0.170. The second-order valence-electron chi connectivity index (χ2n) is 4.88. The van der Waals surface area contributed by atoms with E-state index in [0.717, 1.165) is 31.6 Å². The minimum absolute atomic E-state index is 0.320. The monoisotopic (exact) mass is 433 g/mol. The zero-order chi connectivity index (χ0) is 15.4.